The average molecular weight is 607 g/mol. The Hall–Kier alpha value is -2.30. The Labute approximate surface area is 237 Å². The number of aliphatic hydroxyl groups excluding tert-OH is 1. The van der Waals surface area contributed by atoms with E-state index in [9.17, 15) is 19.5 Å². The van der Waals surface area contributed by atoms with Crippen molar-refractivity contribution < 1.29 is 24.2 Å². The Balaban J connectivity index is 1.72. The highest BCUT2D eigenvalue weighted by atomic mass is 79.9. The van der Waals surface area contributed by atoms with Gasteiger partial charge in [0.1, 0.15) is 12.6 Å². The van der Waals surface area contributed by atoms with E-state index >= 15 is 0 Å². The van der Waals surface area contributed by atoms with Crippen LogP contribution in [0.3, 0.4) is 0 Å². The van der Waals surface area contributed by atoms with E-state index in [0.29, 0.717) is 12.1 Å². The number of esters is 1. The molecule has 1 aromatic rings. The van der Waals surface area contributed by atoms with E-state index in [1.165, 1.54) is 11.0 Å². The Bertz CT molecular complexity index is 1080. The van der Waals surface area contributed by atoms with Gasteiger partial charge in [0.25, 0.3) is 5.91 Å². The number of fused-ring (bicyclic) bond motifs is 1. The van der Waals surface area contributed by atoms with Crippen LogP contribution in [0.2, 0.25) is 0 Å². The van der Waals surface area contributed by atoms with Crippen molar-refractivity contribution in [1.82, 2.24) is 4.90 Å². The van der Waals surface area contributed by atoms with Gasteiger partial charge in [-0.15, -0.1) is 18.3 Å². The van der Waals surface area contributed by atoms with Crippen LogP contribution in [-0.2, 0) is 19.1 Å². The Morgan fingerprint density at radius 2 is 1.87 bits per heavy atom. The van der Waals surface area contributed by atoms with Crippen LogP contribution in [0.4, 0.5) is 11.4 Å². The molecule has 6 atom stereocenters. The number of anilines is 2. The third kappa shape index (κ3) is 4.69. The largest absolute Gasteiger partial charge is 0.461 e. The molecular formula is C28H36BrN3O5S. The number of carbonyl (C=O) groups is 3. The SMILES string of the molecule is C=CCOC(=O)[C@H]1[C@@H]2SC3(CC2Br)C(C(=O)N(CC=C)c2ccc(N(CC)CC)cc2)N(CCO)C(=O)[C@H]13. The van der Waals surface area contributed by atoms with E-state index in [1.807, 2.05) is 24.3 Å². The molecule has 3 heterocycles. The average Bonchev–Trinajstić information content (AvgIpc) is 3.50. The van der Waals surface area contributed by atoms with Crippen LogP contribution in [0.5, 0.6) is 0 Å². The Kier molecular flexibility index (Phi) is 8.94. The van der Waals surface area contributed by atoms with Crippen molar-refractivity contribution in [2.45, 2.75) is 41.1 Å². The molecular weight excluding hydrogens is 570 g/mol. The molecule has 0 saturated carbocycles. The van der Waals surface area contributed by atoms with Crippen LogP contribution in [-0.4, -0.2) is 88.0 Å². The number of halogens is 1. The van der Waals surface area contributed by atoms with Crippen molar-refractivity contribution in [3.63, 3.8) is 0 Å². The van der Waals surface area contributed by atoms with Crippen LogP contribution in [0, 0.1) is 11.8 Å². The van der Waals surface area contributed by atoms with Gasteiger partial charge in [-0.3, -0.25) is 14.4 Å². The summed E-state index contributed by atoms with van der Waals surface area (Å²) in [6.07, 6.45) is 3.73. The normalized spacial score (nSPS) is 29.2. The molecule has 206 valence electrons. The van der Waals surface area contributed by atoms with Gasteiger partial charge in [0.05, 0.1) is 23.2 Å². The number of benzene rings is 1. The van der Waals surface area contributed by atoms with Crippen molar-refractivity contribution >= 4 is 56.9 Å². The molecule has 38 heavy (non-hydrogen) atoms. The lowest BCUT2D eigenvalue weighted by molar-refractivity contribution is -0.153. The summed E-state index contributed by atoms with van der Waals surface area (Å²) in [6, 6.07) is 6.99. The van der Waals surface area contributed by atoms with Crippen molar-refractivity contribution in [2.24, 2.45) is 11.8 Å². The van der Waals surface area contributed by atoms with E-state index in [1.54, 1.807) is 22.7 Å². The molecule has 8 nitrogen and oxygen atoms in total. The standard InChI is InChI=1S/C28H36BrN3O5S/c1-5-13-31(19-11-9-18(10-12-19)30(7-3)8-4)26(35)24-28-17-20(29)23(38-28)21(27(36)37-16-6-2)22(28)25(34)32(24)14-15-33/h5-6,9-12,20-24,33H,1-2,7-8,13-17H2,3-4H3/t20?,21-,22+,23-,24?,28?/m1/s1. The van der Waals surface area contributed by atoms with Gasteiger partial charge >= 0.3 is 5.97 Å². The van der Waals surface area contributed by atoms with Crippen LogP contribution >= 0.6 is 27.7 Å². The number of carbonyl (C=O) groups excluding carboxylic acids is 3. The van der Waals surface area contributed by atoms with E-state index in [4.69, 9.17) is 4.74 Å². The molecule has 3 saturated heterocycles. The third-order valence-electron chi connectivity index (χ3n) is 7.85. The molecule has 1 spiro atoms. The number of rotatable bonds is 12. The first-order chi connectivity index (χ1) is 18.3. The van der Waals surface area contributed by atoms with E-state index < -0.39 is 28.6 Å². The Morgan fingerprint density at radius 1 is 1.21 bits per heavy atom. The number of aliphatic hydroxyl groups is 1. The lowest BCUT2D eigenvalue weighted by Gasteiger charge is -2.37. The van der Waals surface area contributed by atoms with Crippen molar-refractivity contribution in [1.29, 1.82) is 0 Å². The van der Waals surface area contributed by atoms with Crippen molar-refractivity contribution in [3.05, 3.63) is 49.6 Å². The number of thioether (sulfide) groups is 1. The fraction of sp³-hybridized carbons (Fsp3) is 0.536. The molecule has 1 aromatic carbocycles. The second kappa shape index (κ2) is 11.8. The van der Waals surface area contributed by atoms with Gasteiger partial charge in [0.2, 0.25) is 5.91 Å². The van der Waals surface area contributed by atoms with Gasteiger partial charge in [-0.05, 0) is 44.5 Å². The smallest absolute Gasteiger partial charge is 0.311 e. The Morgan fingerprint density at radius 3 is 2.45 bits per heavy atom. The molecule has 3 unspecified atom stereocenters. The molecule has 0 aromatic heterocycles. The van der Waals surface area contributed by atoms with Crippen molar-refractivity contribution in [2.75, 3.05) is 49.2 Å². The quantitative estimate of drug-likeness (QED) is 0.222. The maximum absolute atomic E-state index is 14.4. The summed E-state index contributed by atoms with van der Waals surface area (Å²) in [5.74, 6) is -2.33. The predicted molar refractivity (Wildman–Crippen MR) is 155 cm³/mol. The number of hydrogen-bond acceptors (Lipinski definition) is 7. The lowest BCUT2D eigenvalue weighted by atomic mass is 9.71. The molecule has 0 radical (unpaired) electrons. The van der Waals surface area contributed by atoms with E-state index in [-0.39, 0.29) is 48.2 Å². The minimum atomic E-state index is -0.832. The molecule has 3 aliphatic heterocycles. The number of ether oxygens (including phenoxy) is 1. The molecule has 3 aliphatic rings. The highest BCUT2D eigenvalue weighted by Gasteiger charge is 2.76. The number of alkyl halides is 1. The highest BCUT2D eigenvalue weighted by Crippen LogP contribution is 2.68. The van der Waals surface area contributed by atoms with Gasteiger partial charge in [0, 0.05) is 47.6 Å². The summed E-state index contributed by atoms with van der Waals surface area (Å²) in [5, 5.41) is 9.66. The highest BCUT2D eigenvalue weighted by molar-refractivity contribution is 9.09. The van der Waals surface area contributed by atoms with Crippen molar-refractivity contribution in [3.8, 4) is 0 Å². The predicted octanol–water partition coefficient (Wildman–Crippen LogP) is 3.24. The van der Waals surface area contributed by atoms with Gasteiger partial charge in [-0.1, -0.05) is 34.7 Å². The molecule has 0 aliphatic carbocycles. The summed E-state index contributed by atoms with van der Waals surface area (Å²) in [5.41, 5.74) is 1.77. The summed E-state index contributed by atoms with van der Waals surface area (Å²) < 4.78 is 4.60. The number of hydrogen-bond donors (Lipinski definition) is 1. The van der Waals surface area contributed by atoms with E-state index in [0.717, 1.165) is 18.8 Å². The van der Waals surface area contributed by atoms with E-state index in [2.05, 4.69) is 47.8 Å². The number of β-amino-alcohol motifs (C(OH)–C–C–N with tert-alkyl or cyclic N) is 1. The monoisotopic (exact) mass is 605 g/mol. The van der Waals surface area contributed by atoms with Crippen LogP contribution in [0.1, 0.15) is 20.3 Å². The van der Waals surface area contributed by atoms with Crippen LogP contribution in [0.25, 0.3) is 0 Å². The molecule has 4 rings (SSSR count). The summed E-state index contributed by atoms with van der Waals surface area (Å²) in [4.78, 5) is 46.7. The number of likely N-dealkylation sites (tertiary alicyclic amines) is 1. The zero-order chi connectivity index (χ0) is 27.6. The molecule has 3 fully saturated rings. The minimum Gasteiger partial charge on any atom is -0.461 e. The van der Waals surface area contributed by atoms with Gasteiger partial charge in [-0.2, -0.15) is 0 Å². The second-order valence-corrected chi connectivity index (χ2v) is 12.5. The van der Waals surface area contributed by atoms with Gasteiger partial charge in [-0.25, -0.2) is 0 Å². The minimum absolute atomic E-state index is 0.0168. The lowest BCUT2D eigenvalue weighted by Crippen LogP contribution is -2.56. The van der Waals surface area contributed by atoms with Crippen LogP contribution in [0.15, 0.2) is 49.6 Å². The zero-order valence-corrected chi connectivity index (χ0v) is 24.3. The number of nitrogens with zero attached hydrogens (tertiary/aromatic N) is 3. The maximum atomic E-state index is 14.4. The van der Waals surface area contributed by atoms with Gasteiger partial charge < -0.3 is 24.5 Å². The first kappa shape index (κ1) is 28.7. The number of amides is 2. The van der Waals surface area contributed by atoms with Gasteiger partial charge in [0.15, 0.2) is 0 Å². The fourth-order valence-corrected chi connectivity index (χ4v) is 9.89. The topological polar surface area (TPSA) is 90.4 Å². The second-order valence-electron chi connectivity index (χ2n) is 9.76. The third-order valence-corrected chi connectivity index (χ3v) is 11.1. The zero-order valence-electron chi connectivity index (χ0n) is 21.9. The summed E-state index contributed by atoms with van der Waals surface area (Å²) in [7, 11) is 0. The maximum Gasteiger partial charge on any atom is 0.311 e. The summed E-state index contributed by atoms with van der Waals surface area (Å²) >= 11 is 5.28. The fourth-order valence-electron chi connectivity index (χ4n) is 6.30. The first-order valence-electron chi connectivity index (χ1n) is 13.1. The molecule has 1 N–H and O–H groups in total. The van der Waals surface area contributed by atoms with Crippen LogP contribution < -0.4 is 9.80 Å². The molecule has 2 amide bonds. The first-order valence-corrected chi connectivity index (χ1v) is 14.9. The summed E-state index contributed by atoms with van der Waals surface area (Å²) in [6.45, 7) is 13.5. The molecule has 10 heteroatoms. The molecule has 2 bridgehead atoms.